The Hall–Kier alpha value is -2.08. The summed E-state index contributed by atoms with van der Waals surface area (Å²) in [4.78, 5) is 6.73. The molecule has 3 rings (SSSR count). The Balaban J connectivity index is 1.39. The Morgan fingerprint density at radius 2 is 1.61 bits per heavy atom. The van der Waals surface area contributed by atoms with Crippen LogP contribution in [-0.4, -0.2) is 50.8 Å². The Kier molecular flexibility index (Phi) is 8.15. The van der Waals surface area contributed by atoms with Crippen molar-refractivity contribution in [3.63, 3.8) is 0 Å². The van der Waals surface area contributed by atoms with Gasteiger partial charge in [0.15, 0.2) is 5.96 Å². The zero-order valence-corrected chi connectivity index (χ0v) is 17.2. The predicted molar refractivity (Wildman–Crippen MR) is 116 cm³/mol. The third-order valence-corrected chi connectivity index (χ3v) is 5.09. The average Bonchev–Trinajstić information content (AvgIpc) is 2.74. The molecule has 1 aliphatic rings. The van der Waals surface area contributed by atoms with Crippen LogP contribution in [0.1, 0.15) is 16.7 Å². The molecule has 0 amide bonds. The smallest absolute Gasteiger partial charge is 0.191 e. The van der Waals surface area contributed by atoms with Crippen LogP contribution >= 0.6 is 11.6 Å². The van der Waals surface area contributed by atoms with Crippen LogP contribution in [0.4, 0.5) is 0 Å². The molecule has 2 N–H and O–H groups in total. The molecule has 0 unspecified atom stereocenters. The van der Waals surface area contributed by atoms with Crippen LogP contribution < -0.4 is 10.6 Å². The Morgan fingerprint density at radius 1 is 0.964 bits per heavy atom. The molecular weight excluding hydrogens is 372 g/mol. The van der Waals surface area contributed by atoms with E-state index in [1.807, 2.05) is 12.1 Å². The fourth-order valence-corrected chi connectivity index (χ4v) is 3.29. The van der Waals surface area contributed by atoms with Gasteiger partial charge in [0, 0.05) is 44.8 Å². The quantitative estimate of drug-likeness (QED) is 0.554. The van der Waals surface area contributed by atoms with Gasteiger partial charge in [0.2, 0.25) is 0 Å². The number of guanidine groups is 1. The van der Waals surface area contributed by atoms with Crippen molar-refractivity contribution < 1.29 is 4.74 Å². The normalized spacial score (nSPS) is 15.4. The number of rotatable bonds is 7. The molecule has 28 heavy (non-hydrogen) atoms. The van der Waals surface area contributed by atoms with Crippen LogP contribution in [0.2, 0.25) is 5.02 Å². The number of morpholine rings is 1. The highest BCUT2D eigenvalue weighted by Crippen LogP contribution is 2.10. The minimum atomic E-state index is 0.748. The summed E-state index contributed by atoms with van der Waals surface area (Å²) in [5.41, 5.74) is 3.84. The van der Waals surface area contributed by atoms with Crippen LogP contribution in [0.25, 0.3) is 0 Å². The fraction of sp³-hybridized carbons (Fsp3) is 0.409. The molecule has 1 heterocycles. The highest BCUT2D eigenvalue weighted by molar-refractivity contribution is 6.30. The van der Waals surface area contributed by atoms with Gasteiger partial charge in [0.05, 0.1) is 13.2 Å². The molecule has 0 radical (unpaired) electrons. The van der Waals surface area contributed by atoms with Crippen LogP contribution in [0.15, 0.2) is 53.5 Å². The van der Waals surface area contributed by atoms with Crippen molar-refractivity contribution in [3.8, 4) is 0 Å². The molecular formula is C22H29ClN4O. The van der Waals surface area contributed by atoms with E-state index in [1.165, 1.54) is 16.7 Å². The molecule has 1 saturated heterocycles. The number of hydrogen-bond donors (Lipinski definition) is 2. The van der Waals surface area contributed by atoms with E-state index in [2.05, 4.69) is 56.9 Å². The summed E-state index contributed by atoms with van der Waals surface area (Å²) < 4.78 is 5.41. The first-order valence-electron chi connectivity index (χ1n) is 9.80. The summed E-state index contributed by atoms with van der Waals surface area (Å²) in [6, 6.07) is 16.7. The number of halogens is 1. The molecule has 0 aromatic heterocycles. The fourth-order valence-electron chi connectivity index (χ4n) is 3.16. The third kappa shape index (κ3) is 6.82. The van der Waals surface area contributed by atoms with E-state index in [9.17, 15) is 0 Å². The van der Waals surface area contributed by atoms with Crippen LogP contribution in [-0.2, 0) is 24.2 Å². The van der Waals surface area contributed by atoms with Gasteiger partial charge in [-0.05, 0) is 35.2 Å². The van der Waals surface area contributed by atoms with Crippen molar-refractivity contribution in [2.24, 2.45) is 4.99 Å². The minimum Gasteiger partial charge on any atom is -0.379 e. The predicted octanol–water partition coefficient (Wildman–Crippen LogP) is 3.08. The lowest BCUT2D eigenvalue weighted by atomic mass is 10.1. The number of ether oxygens (including phenoxy) is 1. The summed E-state index contributed by atoms with van der Waals surface area (Å²) in [7, 11) is 1.79. The second-order valence-corrected chi connectivity index (χ2v) is 7.37. The highest BCUT2D eigenvalue weighted by atomic mass is 35.5. The van der Waals surface area contributed by atoms with Crippen molar-refractivity contribution >= 4 is 17.6 Å². The van der Waals surface area contributed by atoms with Gasteiger partial charge in [0.25, 0.3) is 0 Å². The van der Waals surface area contributed by atoms with Gasteiger partial charge in [-0.25, -0.2) is 0 Å². The first-order chi connectivity index (χ1) is 13.7. The van der Waals surface area contributed by atoms with Crippen molar-refractivity contribution in [1.29, 1.82) is 0 Å². The molecule has 1 aliphatic heterocycles. The number of aliphatic imine (C=N–C) groups is 1. The molecule has 0 spiro atoms. The number of nitrogens with zero attached hydrogens (tertiary/aromatic N) is 2. The van der Waals surface area contributed by atoms with E-state index in [0.717, 1.165) is 63.3 Å². The molecule has 2 aromatic rings. The van der Waals surface area contributed by atoms with Gasteiger partial charge >= 0.3 is 0 Å². The second kappa shape index (κ2) is 11.1. The zero-order chi connectivity index (χ0) is 19.6. The molecule has 1 fully saturated rings. The number of hydrogen-bond acceptors (Lipinski definition) is 3. The summed E-state index contributed by atoms with van der Waals surface area (Å²) in [6.45, 7) is 6.27. The Labute approximate surface area is 172 Å². The van der Waals surface area contributed by atoms with Crippen LogP contribution in [0.5, 0.6) is 0 Å². The van der Waals surface area contributed by atoms with Crippen molar-refractivity contribution in [2.45, 2.75) is 19.5 Å². The van der Waals surface area contributed by atoms with Gasteiger partial charge < -0.3 is 15.4 Å². The Morgan fingerprint density at radius 3 is 2.29 bits per heavy atom. The lowest BCUT2D eigenvalue weighted by molar-refractivity contribution is 0.0342. The topological polar surface area (TPSA) is 48.9 Å². The maximum Gasteiger partial charge on any atom is 0.191 e. The standard InChI is InChI=1S/C22H29ClN4O/c1-24-22(25-11-10-18-6-8-21(23)9-7-18)26-16-19-2-4-20(5-3-19)17-27-12-14-28-15-13-27/h2-9H,10-17H2,1H3,(H2,24,25,26). The van der Waals surface area contributed by atoms with Crippen LogP contribution in [0.3, 0.4) is 0 Å². The molecule has 0 aliphatic carbocycles. The van der Waals surface area contributed by atoms with E-state index in [-0.39, 0.29) is 0 Å². The van der Waals surface area contributed by atoms with E-state index in [1.54, 1.807) is 7.05 Å². The van der Waals surface area contributed by atoms with Gasteiger partial charge in [-0.2, -0.15) is 0 Å². The molecule has 2 aromatic carbocycles. The molecule has 0 bridgehead atoms. The average molecular weight is 401 g/mol. The Bertz CT molecular complexity index is 740. The van der Waals surface area contributed by atoms with Gasteiger partial charge in [-0.15, -0.1) is 0 Å². The SMILES string of the molecule is CN=C(NCCc1ccc(Cl)cc1)NCc1ccc(CN2CCOCC2)cc1. The molecule has 6 heteroatoms. The van der Waals surface area contributed by atoms with E-state index in [0.29, 0.717) is 0 Å². The zero-order valence-electron chi connectivity index (χ0n) is 16.5. The summed E-state index contributed by atoms with van der Waals surface area (Å²) in [5.74, 6) is 0.811. The largest absolute Gasteiger partial charge is 0.379 e. The monoisotopic (exact) mass is 400 g/mol. The van der Waals surface area contributed by atoms with E-state index >= 15 is 0 Å². The number of nitrogens with one attached hydrogen (secondary N) is 2. The van der Waals surface area contributed by atoms with Gasteiger partial charge in [0.1, 0.15) is 0 Å². The molecule has 5 nitrogen and oxygen atoms in total. The first-order valence-corrected chi connectivity index (χ1v) is 10.2. The van der Waals surface area contributed by atoms with Gasteiger partial charge in [-0.3, -0.25) is 9.89 Å². The number of benzene rings is 2. The lowest BCUT2D eigenvalue weighted by Gasteiger charge is -2.26. The lowest BCUT2D eigenvalue weighted by Crippen LogP contribution is -2.37. The van der Waals surface area contributed by atoms with Crippen molar-refractivity contribution in [2.75, 3.05) is 39.9 Å². The molecule has 0 atom stereocenters. The summed E-state index contributed by atoms with van der Waals surface area (Å²) >= 11 is 5.92. The van der Waals surface area contributed by atoms with Crippen molar-refractivity contribution in [3.05, 3.63) is 70.2 Å². The van der Waals surface area contributed by atoms with Crippen molar-refractivity contribution in [1.82, 2.24) is 15.5 Å². The first kappa shape index (κ1) is 20.6. The van der Waals surface area contributed by atoms with Crippen LogP contribution in [0, 0.1) is 0 Å². The summed E-state index contributed by atoms with van der Waals surface area (Å²) in [5, 5.41) is 7.50. The van der Waals surface area contributed by atoms with E-state index in [4.69, 9.17) is 16.3 Å². The molecule has 0 saturated carbocycles. The van der Waals surface area contributed by atoms with E-state index < -0.39 is 0 Å². The third-order valence-electron chi connectivity index (χ3n) is 4.84. The molecule has 150 valence electrons. The maximum absolute atomic E-state index is 5.92. The highest BCUT2D eigenvalue weighted by Gasteiger charge is 2.10. The second-order valence-electron chi connectivity index (χ2n) is 6.93. The van der Waals surface area contributed by atoms with Gasteiger partial charge in [-0.1, -0.05) is 48.0 Å². The maximum atomic E-state index is 5.92. The minimum absolute atomic E-state index is 0.748. The summed E-state index contributed by atoms with van der Waals surface area (Å²) in [6.07, 6.45) is 0.925.